The lowest BCUT2D eigenvalue weighted by Gasteiger charge is -2.08. The number of hydrogen-bond donors (Lipinski definition) is 2. The summed E-state index contributed by atoms with van der Waals surface area (Å²) in [4.78, 5) is 9.15. The monoisotopic (exact) mass is 428 g/mol. The normalized spacial score (nSPS) is 10.7. The van der Waals surface area contributed by atoms with E-state index in [1.165, 1.54) is 0 Å². The Morgan fingerprint density at radius 1 is 1.32 bits per heavy atom. The summed E-state index contributed by atoms with van der Waals surface area (Å²) in [6.07, 6.45) is 1.81. The molecule has 0 fully saturated rings. The van der Waals surface area contributed by atoms with E-state index < -0.39 is 0 Å². The summed E-state index contributed by atoms with van der Waals surface area (Å²) in [5.41, 5.74) is 2.15. The standard InChI is InChI=1S/C16H20N4S.HI/c1-3-10-18-16(17-4-2)19-11-15-20-14(12-21-15)13-8-6-5-7-9-13;/h3,5-9,12H,1,4,10-11H2,2H3,(H2,17,18,19);1H. The molecule has 0 saturated carbocycles. The van der Waals surface area contributed by atoms with Crippen LogP contribution in [0.4, 0.5) is 0 Å². The van der Waals surface area contributed by atoms with E-state index in [4.69, 9.17) is 0 Å². The SMILES string of the molecule is C=CCNC(=NCc1nc(-c2ccccc2)cs1)NCC.I. The van der Waals surface area contributed by atoms with Gasteiger partial charge in [0.25, 0.3) is 0 Å². The number of nitrogens with zero attached hydrogens (tertiary/aromatic N) is 2. The molecular weight excluding hydrogens is 407 g/mol. The van der Waals surface area contributed by atoms with Crippen LogP contribution >= 0.6 is 35.3 Å². The maximum atomic E-state index is 4.63. The van der Waals surface area contributed by atoms with Gasteiger partial charge in [-0.2, -0.15) is 0 Å². The molecule has 0 spiro atoms. The minimum absolute atomic E-state index is 0. The number of nitrogens with one attached hydrogen (secondary N) is 2. The van der Waals surface area contributed by atoms with Gasteiger partial charge < -0.3 is 10.6 Å². The summed E-state index contributed by atoms with van der Waals surface area (Å²) in [5.74, 6) is 0.786. The highest BCUT2D eigenvalue weighted by Gasteiger charge is 2.04. The third-order valence-corrected chi connectivity index (χ3v) is 3.59. The summed E-state index contributed by atoms with van der Waals surface area (Å²) in [6.45, 7) is 7.83. The van der Waals surface area contributed by atoms with Crippen molar-refractivity contribution in [2.75, 3.05) is 13.1 Å². The fraction of sp³-hybridized carbons (Fsp3) is 0.250. The van der Waals surface area contributed by atoms with E-state index in [0.717, 1.165) is 28.8 Å². The fourth-order valence-corrected chi connectivity index (χ4v) is 2.51. The van der Waals surface area contributed by atoms with Crippen molar-refractivity contribution in [1.29, 1.82) is 0 Å². The zero-order chi connectivity index (χ0) is 14.9. The summed E-state index contributed by atoms with van der Waals surface area (Å²) < 4.78 is 0. The largest absolute Gasteiger partial charge is 0.357 e. The van der Waals surface area contributed by atoms with Gasteiger partial charge in [-0.3, -0.25) is 0 Å². The van der Waals surface area contributed by atoms with E-state index in [1.54, 1.807) is 11.3 Å². The van der Waals surface area contributed by atoms with E-state index >= 15 is 0 Å². The van der Waals surface area contributed by atoms with Crippen LogP contribution in [0.25, 0.3) is 11.3 Å². The van der Waals surface area contributed by atoms with Crippen molar-refractivity contribution in [2.24, 2.45) is 4.99 Å². The van der Waals surface area contributed by atoms with Crippen LogP contribution in [-0.4, -0.2) is 24.0 Å². The van der Waals surface area contributed by atoms with Crippen molar-refractivity contribution < 1.29 is 0 Å². The van der Waals surface area contributed by atoms with Gasteiger partial charge >= 0.3 is 0 Å². The Bertz CT molecular complexity index is 595. The number of benzene rings is 1. The van der Waals surface area contributed by atoms with Crippen LogP contribution in [-0.2, 0) is 6.54 Å². The van der Waals surface area contributed by atoms with Crippen LogP contribution in [0.5, 0.6) is 0 Å². The van der Waals surface area contributed by atoms with Crippen LogP contribution in [0.1, 0.15) is 11.9 Å². The lowest BCUT2D eigenvalue weighted by atomic mass is 10.2. The molecule has 22 heavy (non-hydrogen) atoms. The molecule has 0 aliphatic rings. The molecule has 0 bridgehead atoms. The molecule has 0 aliphatic heterocycles. The third-order valence-electron chi connectivity index (χ3n) is 2.75. The van der Waals surface area contributed by atoms with E-state index in [0.29, 0.717) is 13.1 Å². The summed E-state index contributed by atoms with van der Waals surface area (Å²) in [7, 11) is 0. The van der Waals surface area contributed by atoms with Gasteiger partial charge in [-0.1, -0.05) is 36.4 Å². The number of thiazole rings is 1. The first-order valence-corrected chi connectivity index (χ1v) is 7.84. The molecule has 0 unspecified atom stereocenters. The van der Waals surface area contributed by atoms with Crippen LogP contribution in [0.3, 0.4) is 0 Å². The van der Waals surface area contributed by atoms with Crippen molar-refractivity contribution in [3.63, 3.8) is 0 Å². The summed E-state index contributed by atoms with van der Waals surface area (Å²) >= 11 is 1.63. The molecule has 0 radical (unpaired) electrons. The van der Waals surface area contributed by atoms with Gasteiger partial charge in [0.2, 0.25) is 0 Å². The van der Waals surface area contributed by atoms with Gasteiger partial charge in [-0.25, -0.2) is 9.98 Å². The molecule has 6 heteroatoms. The van der Waals surface area contributed by atoms with Crippen molar-refractivity contribution >= 4 is 41.3 Å². The quantitative estimate of drug-likeness (QED) is 0.320. The Balaban J connectivity index is 0.00000242. The molecular formula is C16H21IN4S. The van der Waals surface area contributed by atoms with Crippen molar-refractivity contribution in [2.45, 2.75) is 13.5 Å². The predicted molar refractivity (Wildman–Crippen MR) is 106 cm³/mol. The van der Waals surface area contributed by atoms with Gasteiger partial charge in [0.1, 0.15) is 5.01 Å². The molecule has 0 atom stereocenters. The van der Waals surface area contributed by atoms with Gasteiger partial charge in [-0.15, -0.1) is 41.9 Å². The number of halogens is 1. The Labute approximate surface area is 152 Å². The number of guanidine groups is 1. The van der Waals surface area contributed by atoms with E-state index in [9.17, 15) is 0 Å². The minimum atomic E-state index is 0. The second kappa shape index (κ2) is 10.3. The highest BCUT2D eigenvalue weighted by molar-refractivity contribution is 14.0. The zero-order valence-corrected chi connectivity index (χ0v) is 15.7. The predicted octanol–water partition coefficient (Wildman–Crippen LogP) is 3.67. The second-order valence-electron chi connectivity index (χ2n) is 4.36. The van der Waals surface area contributed by atoms with Crippen LogP contribution in [0.15, 0.2) is 53.4 Å². The highest BCUT2D eigenvalue weighted by atomic mass is 127. The first kappa shape index (κ1) is 18.6. The zero-order valence-electron chi connectivity index (χ0n) is 12.6. The summed E-state index contributed by atoms with van der Waals surface area (Å²) in [5, 5.41) is 9.45. The van der Waals surface area contributed by atoms with Crippen molar-refractivity contribution in [3.05, 3.63) is 53.4 Å². The molecule has 2 N–H and O–H groups in total. The molecule has 2 aromatic rings. The van der Waals surface area contributed by atoms with E-state index in [-0.39, 0.29) is 24.0 Å². The molecule has 0 saturated heterocycles. The Morgan fingerprint density at radius 3 is 2.77 bits per heavy atom. The van der Waals surface area contributed by atoms with E-state index in [2.05, 4.69) is 44.7 Å². The third kappa shape index (κ3) is 5.76. The van der Waals surface area contributed by atoms with E-state index in [1.807, 2.05) is 31.2 Å². The molecule has 1 aromatic carbocycles. The van der Waals surface area contributed by atoms with Gasteiger partial charge in [0.05, 0.1) is 12.2 Å². The average molecular weight is 428 g/mol. The average Bonchev–Trinajstić information content (AvgIpc) is 3.00. The van der Waals surface area contributed by atoms with Gasteiger partial charge in [0.15, 0.2) is 5.96 Å². The molecule has 0 aliphatic carbocycles. The first-order chi connectivity index (χ1) is 10.3. The van der Waals surface area contributed by atoms with Crippen molar-refractivity contribution in [1.82, 2.24) is 15.6 Å². The highest BCUT2D eigenvalue weighted by Crippen LogP contribution is 2.21. The van der Waals surface area contributed by atoms with Crippen LogP contribution < -0.4 is 10.6 Å². The maximum absolute atomic E-state index is 4.63. The lowest BCUT2D eigenvalue weighted by molar-refractivity contribution is 0.858. The Kier molecular flexibility index (Phi) is 8.76. The maximum Gasteiger partial charge on any atom is 0.191 e. The lowest BCUT2D eigenvalue weighted by Crippen LogP contribution is -2.37. The number of hydrogen-bond acceptors (Lipinski definition) is 3. The molecule has 1 aromatic heterocycles. The topological polar surface area (TPSA) is 49.3 Å². The van der Waals surface area contributed by atoms with Gasteiger partial charge in [-0.05, 0) is 6.92 Å². The second-order valence-corrected chi connectivity index (χ2v) is 5.30. The Hall–Kier alpha value is -1.41. The summed E-state index contributed by atoms with van der Waals surface area (Å²) in [6, 6.07) is 10.2. The van der Waals surface area contributed by atoms with Crippen molar-refractivity contribution in [3.8, 4) is 11.3 Å². The first-order valence-electron chi connectivity index (χ1n) is 6.96. The molecule has 2 rings (SSSR count). The minimum Gasteiger partial charge on any atom is -0.357 e. The molecule has 118 valence electrons. The van der Waals surface area contributed by atoms with Crippen LogP contribution in [0, 0.1) is 0 Å². The number of aromatic nitrogens is 1. The van der Waals surface area contributed by atoms with Gasteiger partial charge in [0, 0.05) is 24.0 Å². The Morgan fingerprint density at radius 2 is 2.09 bits per heavy atom. The fourth-order valence-electron chi connectivity index (χ4n) is 1.78. The molecule has 4 nitrogen and oxygen atoms in total. The number of rotatable bonds is 6. The smallest absolute Gasteiger partial charge is 0.191 e. The van der Waals surface area contributed by atoms with Crippen LogP contribution in [0.2, 0.25) is 0 Å². The number of aliphatic imine (C=N–C) groups is 1. The molecule has 1 heterocycles. The molecule has 0 amide bonds.